The third kappa shape index (κ3) is 5.35. The van der Waals surface area contributed by atoms with Crippen molar-refractivity contribution in [1.29, 1.82) is 0 Å². The van der Waals surface area contributed by atoms with E-state index in [4.69, 9.17) is 9.47 Å². The summed E-state index contributed by atoms with van der Waals surface area (Å²) >= 11 is 0. The molecule has 8 nitrogen and oxygen atoms in total. The molecule has 0 radical (unpaired) electrons. The van der Waals surface area contributed by atoms with Crippen LogP contribution in [0.5, 0.6) is 11.5 Å². The second kappa shape index (κ2) is 8.60. The maximum Gasteiger partial charge on any atom is 0.405 e. The zero-order chi connectivity index (χ0) is 20.9. The van der Waals surface area contributed by atoms with E-state index < -0.39 is 22.5 Å². The standard InChI is InChI=1S/C20H24N2O6/c1-20(2,3)18(21-19(23)24)16-11-15(9-10-17(16)22(25)26)28-12-13-5-7-14(27-4)8-6-13/h5-11,18,21H,12H2,1-4H3,(H,23,24). The number of hydrogen-bond donors (Lipinski definition) is 2. The first-order valence-corrected chi connectivity index (χ1v) is 8.65. The molecule has 1 unspecified atom stereocenters. The Balaban J connectivity index is 2.32. The van der Waals surface area contributed by atoms with Crippen molar-refractivity contribution in [3.8, 4) is 11.5 Å². The van der Waals surface area contributed by atoms with Gasteiger partial charge in [0, 0.05) is 6.07 Å². The highest BCUT2D eigenvalue weighted by Gasteiger charge is 2.33. The van der Waals surface area contributed by atoms with Gasteiger partial charge in [-0.15, -0.1) is 0 Å². The highest BCUT2D eigenvalue weighted by Crippen LogP contribution is 2.39. The van der Waals surface area contributed by atoms with Crippen LogP contribution in [0.1, 0.15) is 37.9 Å². The van der Waals surface area contributed by atoms with Crippen LogP contribution in [0.25, 0.3) is 0 Å². The maximum absolute atomic E-state index is 11.5. The zero-order valence-electron chi connectivity index (χ0n) is 16.3. The predicted octanol–water partition coefficient (Wildman–Crippen LogP) is 4.54. The molecular formula is C20H24N2O6. The second-order valence-electron chi connectivity index (χ2n) is 7.36. The Hall–Kier alpha value is -3.29. The Morgan fingerprint density at radius 3 is 2.29 bits per heavy atom. The molecule has 2 aromatic carbocycles. The maximum atomic E-state index is 11.5. The van der Waals surface area contributed by atoms with Gasteiger partial charge in [-0.3, -0.25) is 10.1 Å². The quantitative estimate of drug-likeness (QED) is 0.532. The van der Waals surface area contributed by atoms with Crippen molar-refractivity contribution in [2.45, 2.75) is 33.4 Å². The van der Waals surface area contributed by atoms with Crippen LogP contribution in [0, 0.1) is 15.5 Å². The summed E-state index contributed by atoms with van der Waals surface area (Å²) in [6.07, 6.45) is -1.25. The van der Waals surface area contributed by atoms with E-state index in [-0.39, 0.29) is 17.9 Å². The van der Waals surface area contributed by atoms with E-state index in [2.05, 4.69) is 5.32 Å². The van der Waals surface area contributed by atoms with Gasteiger partial charge in [0.1, 0.15) is 18.1 Å². The van der Waals surface area contributed by atoms with Gasteiger partial charge in [-0.2, -0.15) is 0 Å². The highest BCUT2D eigenvalue weighted by molar-refractivity contribution is 5.66. The molecule has 0 fully saturated rings. The van der Waals surface area contributed by atoms with E-state index in [0.29, 0.717) is 5.75 Å². The van der Waals surface area contributed by atoms with E-state index in [1.54, 1.807) is 7.11 Å². The second-order valence-corrected chi connectivity index (χ2v) is 7.36. The van der Waals surface area contributed by atoms with Gasteiger partial charge >= 0.3 is 6.09 Å². The highest BCUT2D eigenvalue weighted by atomic mass is 16.6. The number of methoxy groups -OCH3 is 1. The summed E-state index contributed by atoms with van der Waals surface area (Å²) in [5.74, 6) is 1.15. The van der Waals surface area contributed by atoms with Crippen LogP contribution >= 0.6 is 0 Å². The van der Waals surface area contributed by atoms with E-state index in [1.165, 1.54) is 18.2 Å². The average molecular weight is 388 g/mol. The number of nitro groups is 1. The molecule has 0 saturated heterocycles. The van der Waals surface area contributed by atoms with Gasteiger partial charge in [0.05, 0.1) is 23.6 Å². The van der Waals surface area contributed by atoms with E-state index in [9.17, 15) is 20.0 Å². The fourth-order valence-electron chi connectivity index (χ4n) is 2.79. The first-order chi connectivity index (χ1) is 13.1. The Kier molecular flexibility index (Phi) is 6.45. The average Bonchev–Trinajstić information content (AvgIpc) is 2.63. The first kappa shape index (κ1) is 21.0. The van der Waals surface area contributed by atoms with Crippen LogP contribution in [0.4, 0.5) is 10.5 Å². The number of carboxylic acid groups (broad SMARTS) is 1. The Labute approximate surface area is 163 Å². The van der Waals surface area contributed by atoms with Gasteiger partial charge in [0.25, 0.3) is 5.69 Å². The van der Waals surface area contributed by atoms with Crippen molar-refractivity contribution in [1.82, 2.24) is 5.32 Å². The van der Waals surface area contributed by atoms with Gasteiger partial charge in [-0.1, -0.05) is 32.9 Å². The van der Waals surface area contributed by atoms with Crippen molar-refractivity contribution < 1.29 is 24.3 Å². The third-order valence-corrected chi connectivity index (χ3v) is 4.21. The van der Waals surface area contributed by atoms with Gasteiger partial charge in [0.2, 0.25) is 0 Å². The van der Waals surface area contributed by atoms with Gasteiger partial charge < -0.3 is 19.9 Å². The van der Waals surface area contributed by atoms with Gasteiger partial charge in [0.15, 0.2) is 0 Å². The molecule has 0 aliphatic heterocycles. The summed E-state index contributed by atoms with van der Waals surface area (Å²) in [7, 11) is 1.58. The van der Waals surface area contributed by atoms with Crippen LogP contribution in [0.3, 0.4) is 0 Å². The number of carbonyl (C=O) groups is 1. The van der Waals surface area contributed by atoms with Gasteiger partial charge in [-0.05, 0) is 35.2 Å². The zero-order valence-corrected chi connectivity index (χ0v) is 16.3. The monoisotopic (exact) mass is 388 g/mol. The molecule has 0 spiro atoms. The predicted molar refractivity (Wildman–Crippen MR) is 104 cm³/mol. The van der Waals surface area contributed by atoms with Crippen LogP contribution in [0.15, 0.2) is 42.5 Å². The lowest BCUT2D eigenvalue weighted by atomic mass is 9.81. The lowest BCUT2D eigenvalue weighted by Crippen LogP contribution is -2.36. The largest absolute Gasteiger partial charge is 0.497 e. The minimum absolute atomic E-state index is 0.162. The summed E-state index contributed by atoms with van der Waals surface area (Å²) in [5.41, 5.74) is 0.409. The summed E-state index contributed by atoms with van der Waals surface area (Å²) in [5, 5.41) is 23.0. The number of ether oxygens (including phenoxy) is 2. The molecule has 1 amide bonds. The molecule has 0 bridgehead atoms. The van der Waals surface area contributed by atoms with Crippen LogP contribution < -0.4 is 14.8 Å². The van der Waals surface area contributed by atoms with Crippen LogP contribution in [-0.4, -0.2) is 23.2 Å². The molecule has 0 heterocycles. The fourth-order valence-corrected chi connectivity index (χ4v) is 2.79. The number of benzene rings is 2. The number of nitrogens with zero attached hydrogens (tertiary/aromatic N) is 1. The molecule has 0 aliphatic carbocycles. The number of rotatable bonds is 7. The molecule has 2 rings (SSSR count). The van der Waals surface area contributed by atoms with Crippen LogP contribution in [-0.2, 0) is 6.61 Å². The number of nitrogens with one attached hydrogen (secondary N) is 1. The molecule has 150 valence electrons. The topological polar surface area (TPSA) is 111 Å². The normalized spacial score (nSPS) is 12.1. The lowest BCUT2D eigenvalue weighted by molar-refractivity contribution is -0.386. The number of hydrogen-bond acceptors (Lipinski definition) is 5. The molecule has 0 aliphatic rings. The molecule has 28 heavy (non-hydrogen) atoms. The van der Waals surface area contributed by atoms with Crippen molar-refractivity contribution in [3.05, 3.63) is 63.7 Å². The summed E-state index contributed by atoms with van der Waals surface area (Å²) in [6.45, 7) is 5.68. The van der Waals surface area contributed by atoms with Crippen molar-refractivity contribution >= 4 is 11.8 Å². The van der Waals surface area contributed by atoms with Gasteiger partial charge in [-0.25, -0.2) is 4.79 Å². The lowest BCUT2D eigenvalue weighted by Gasteiger charge is -2.30. The molecule has 1 atom stereocenters. The molecule has 2 N–H and O–H groups in total. The Morgan fingerprint density at radius 2 is 1.79 bits per heavy atom. The smallest absolute Gasteiger partial charge is 0.405 e. The summed E-state index contributed by atoms with van der Waals surface area (Å²) in [4.78, 5) is 22.2. The third-order valence-electron chi connectivity index (χ3n) is 4.21. The number of amides is 1. The van der Waals surface area contributed by atoms with Crippen LogP contribution in [0.2, 0.25) is 0 Å². The van der Waals surface area contributed by atoms with E-state index in [1.807, 2.05) is 45.0 Å². The molecule has 0 saturated carbocycles. The number of nitro benzene ring substituents is 1. The SMILES string of the molecule is COc1ccc(COc2ccc([N+](=O)[O-])c(C(NC(=O)O)C(C)(C)C)c2)cc1. The molecular weight excluding hydrogens is 364 g/mol. The summed E-state index contributed by atoms with van der Waals surface area (Å²) in [6, 6.07) is 10.9. The first-order valence-electron chi connectivity index (χ1n) is 8.65. The Bertz CT molecular complexity index is 843. The fraction of sp³-hybridized carbons (Fsp3) is 0.350. The van der Waals surface area contributed by atoms with E-state index >= 15 is 0 Å². The molecule has 2 aromatic rings. The van der Waals surface area contributed by atoms with E-state index in [0.717, 1.165) is 11.3 Å². The minimum atomic E-state index is -1.25. The molecule has 8 heteroatoms. The molecule has 0 aromatic heterocycles. The Morgan fingerprint density at radius 1 is 1.18 bits per heavy atom. The minimum Gasteiger partial charge on any atom is -0.497 e. The van der Waals surface area contributed by atoms with Crippen molar-refractivity contribution in [2.75, 3.05) is 7.11 Å². The van der Waals surface area contributed by atoms with Crippen molar-refractivity contribution in [3.63, 3.8) is 0 Å². The van der Waals surface area contributed by atoms with Crippen molar-refractivity contribution in [2.24, 2.45) is 5.41 Å². The summed E-state index contributed by atoms with van der Waals surface area (Å²) < 4.78 is 10.9.